The Morgan fingerprint density at radius 1 is 1.00 bits per heavy atom. The van der Waals surface area contributed by atoms with E-state index in [9.17, 15) is 14.9 Å². The van der Waals surface area contributed by atoms with Crippen LogP contribution >= 0.6 is 11.3 Å². The van der Waals surface area contributed by atoms with E-state index in [4.69, 9.17) is 18.9 Å². The highest BCUT2D eigenvalue weighted by atomic mass is 32.1. The van der Waals surface area contributed by atoms with Gasteiger partial charge in [-0.15, -0.1) is 11.3 Å². The molecule has 10 heteroatoms. The summed E-state index contributed by atoms with van der Waals surface area (Å²) in [7, 11) is 1.61. The first-order valence-electron chi connectivity index (χ1n) is 11.8. The number of benzene rings is 3. The van der Waals surface area contributed by atoms with Crippen molar-refractivity contribution in [2.24, 2.45) is 0 Å². The molecule has 0 N–H and O–H groups in total. The van der Waals surface area contributed by atoms with E-state index in [2.05, 4.69) is 4.98 Å². The number of carbonyl (C=O) groups is 1. The molecule has 0 atom stereocenters. The Bertz CT molecular complexity index is 1420. The standard InChI is InChI=1S/C28H26N2O7S/c1-4-35-28(31)16-37-25-14-23(19-7-11-22(34-3)12-8-19)26(13-18(25)2)36-15-27-29-24(17-38-27)20-5-9-21(10-6-20)30(32)33/h5-14,17H,4,15-16H2,1-3H3. The van der Waals surface area contributed by atoms with Crippen LogP contribution in [0.1, 0.15) is 17.5 Å². The fourth-order valence-corrected chi connectivity index (χ4v) is 4.39. The Morgan fingerprint density at radius 3 is 2.37 bits per heavy atom. The van der Waals surface area contributed by atoms with Crippen LogP contribution in [0.5, 0.6) is 17.2 Å². The molecule has 0 unspecified atom stereocenters. The Kier molecular flexibility index (Phi) is 8.55. The smallest absolute Gasteiger partial charge is 0.344 e. The Balaban J connectivity index is 1.56. The van der Waals surface area contributed by atoms with Gasteiger partial charge in [-0.3, -0.25) is 10.1 Å². The summed E-state index contributed by atoms with van der Waals surface area (Å²) in [6.07, 6.45) is 0. The number of methoxy groups -OCH3 is 1. The minimum Gasteiger partial charge on any atom is -0.497 e. The highest BCUT2D eigenvalue weighted by molar-refractivity contribution is 7.09. The Morgan fingerprint density at radius 2 is 1.71 bits per heavy atom. The van der Waals surface area contributed by atoms with Crippen LogP contribution in [0.4, 0.5) is 5.69 Å². The average Bonchev–Trinajstić information content (AvgIpc) is 3.41. The molecule has 3 aromatic carbocycles. The van der Waals surface area contributed by atoms with Gasteiger partial charge in [0.1, 0.15) is 28.9 Å². The highest BCUT2D eigenvalue weighted by Gasteiger charge is 2.15. The van der Waals surface area contributed by atoms with E-state index in [0.29, 0.717) is 11.5 Å². The molecule has 0 amide bonds. The molecule has 0 spiro atoms. The number of thiazole rings is 1. The van der Waals surface area contributed by atoms with Crippen LogP contribution < -0.4 is 14.2 Å². The van der Waals surface area contributed by atoms with Crippen LogP contribution in [0.2, 0.25) is 0 Å². The van der Waals surface area contributed by atoms with E-state index >= 15 is 0 Å². The van der Waals surface area contributed by atoms with Gasteiger partial charge in [-0.1, -0.05) is 12.1 Å². The first kappa shape index (κ1) is 26.6. The summed E-state index contributed by atoms with van der Waals surface area (Å²) in [5.41, 5.74) is 4.00. The molecular formula is C28H26N2O7S. The largest absolute Gasteiger partial charge is 0.497 e. The van der Waals surface area contributed by atoms with Gasteiger partial charge in [0, 0.05) is 28.6 Å². The Hall–Kier alpha value is -4.44. The molecule has 0 radical (unpaired) electrons. The van der Waals surface area contributed by atoms with Crippen LogP contribution in [0, 0.1) is 17.0 Å². The van der Waals surface area contributed by atoms with Gasteiger partial charge < -0.3 is 18.9 Å². The van der Waals surface area contributed by atoms with Crippen LogP contribution in [-0.2, 0) is 16.1 Å². The van der Waals surface area contributed by atoms with E-state index in [1.807, 2.05) is 48.7 Å². The number of aromatic nitrogens is 1. The second-order valence-corrected chi connectivity index (χ2v) is 9.10. The molecule has 38 heavy (non-hydrogen) atoms. The number of nitro benzene ring substituents is 1. The topological polar surface area (TPSA) is 110 Å². The van der Waals surface area contributed by atoms with E-state index in [1.165, 1.54) is 23.5 Å². The van der Waals surface area contributed by atoms with Crippen LogP contribution in [-0.4, -0.2) is 36.2 Å². The lowest BCUT2D eigenvalue weighted by molar-refractivity contribution is -0.384. The summed E-state index contributed by atoms with van der Waals surface area (Å²) in [6.45, 7) is 3.94. The highest BCUT2D eigenvalue weighted by Crippen LogP contribution is 2.37. The maximum Gasteiger partial charge on any atom is 0.344 e. The number of carbonyl (C=O) groups excluding carboxylic acids is 1. The van der Waals surface area contributed by atoms with Crippen molar-refractivity contribution < 1.29 is 28.7 Å². The van der Waals surface area contributed by atoms with Crippen LogP contribution in [0.25, 0.3) is 22.4 Å². The SMILES string of the molecule is CCOC(=O)COc1cc(-c2ccc(OC)cc2)c(OCc2nc(-c3ccc([N+](=O)[O-])cc3)cs2)cc1C. The molecule has 0 bridgehead atoms. The van der Waals surface area contributed by atoms with Gasteiger partial charge in [0.25, 0.3) is 5.69 Å². The van der Waals surface area contributed by atoms with Gasteiger partial charge in [0.2, 0.25) is 0 Å². The number of ether oxygens (including phenoxy) is 4. The third-order valence-corrected chi connectivity index (χ3v) is 6.43. The number of nitrogens with zero attached hydrogens (tertiary/aromatic N) is 2. The fourth-order valence-electron chi connectivity index (χ4n) is 3.68. The zero-order chi connectivity index (χ0) is 27.1. The Labute approximate surface area is 223 Å². The number of rotatable bonds is 11. The molecule has 0 saturated heterocycles. The lowest BCUT2D eigenvalue weighted by Gasteiger charge is -2.16. The van der Waals surface area contributed by atoms with Crippen molar-refractivity contribution >= 4 is 23.0 Å². The number of non-ortho nitro benzene ring substituents is 1. The van der Waals surface area contributed by atoms with E-state index < -0.39 is 10.9 Å². The zero-order valence-electron chi connectivity index (χ0n) is 21.1. The number of esters is 1. The molecule has 1 heterocycles. The maximum atomic E-state index is 11.8. The van der Waals surface area contributed by atoms with Gasteiger partial charge in [0.15, 0.2) is 6.61 Å². The molecule has 9 nitrogen and oxygen atoms in total. The zero-order valence-corrected chi connectivity index (χ0v) is 21.9. The van der Waals surface area contributed by atoms with Crippen molar-refractivity contribution in [3.63, 3.8) is 0 Å². The monoisotopic (exact) mass is 534 g/mol. The summed E-state index contributed by atoms with van der Waals surface area (Å²) in [6, 6.07) is 17.5. The van der Waals surface area contributed by atoms with E-state index in [-0.39, 0.29) is 25.5 Å². The lowest BCUT2D eigenvalue weighted by atomic mass is 10.0. The molecule has 0 saturated carbocycles. The number of hydrogen-bond donors (Lipinski definition) is 0. The first-order chi connectivity index (χ1) is 18.4. The second-order valence-electron chi connectivity index (χ2n) is 8.16. The van der Waals surface area contributed by atoms with E-state index in [0.717, 1.165) is 38.7 Å². The molecule has 0 aliphatic rings. The normalized spacial score (nSPS) is 10.6. The van der Waals surface area contributed by atoms with Crippen molar-refractivity contribution in [3.05, 3.63) is 86.7 Å². The molecule has 1 aromatic heterocycles. The summed E-state index contributed by atoms with van der Waals surface area (Å²) in [5.74, 6) is 1.46. The van der Waals surface area contributed by atoms with Gasteiger partial charge >= 0.3 is 5.97 Å². The molecule has 0 aliphatic heterocycles. The first-order valence-corrected chi connectivity index (χ1v) is 12.7. The fraction of sp³-hybridized carbons (Fsp3) is 0.214. The van der Waals surface area contributed by atoms with Gasteiger partial charge in [-0.25, -0.2) is 9.78 Å². The van der Waals surface area contributed by atoms with Crippen molar-refractivity contribution in [3.8, 4) is 39.6 Å². The number of nitro groups is 1. The predicted octanol–water partition coefficient (Wildman–Crippen LogP) is 6.22. The van der Waals surface area contributed by atoms with Crippen molar-refractivity contribution in [2.75, 3.05) is 20.3 Å². The third kappa shape index (κ3) is 6.46. The quantitative estimate of drug-likeness (QED) is 0.127. The van der Waals surface area contributed by atoms with E-state index in [1.54, 1.807) is 26.2 Å². The van der Waals surface area contributed by atoms with Crippen molar-refractivity contribution in [1.29, 1.82) is 0 Å². The average molecular weight is 535 g/mol. The van der Waals surface area contributed by atoms with Gasteiger partial charge in [0.05, 0.1) is 24.3 Å². The summed E-state index contributed by atoms with van der Waals surface area (Å²) in [4.78, 5) is 26.9. The summed E-state index contributed by atoms with van der Waals surface area (Å²) in [5, 5.41) is 13.6. The van der Waals surface area contributed by atoms with Crippen LogP contribution in [0.3, 0.4) is 0 Å². The van der Waals surface area contributed by atoms with Crippen molar-refractivity contribution in [1.82, 2.24) is 4.98 Å². The van der Waals surface area contributed by atoms with Gasteiger partial charge in [-0.05, 0) is 61.4 Å². The minimum absolute atomic E-state index is 0.0312. The molecule has 0 aliphatic carbocycles. The van der Waals surface area contributed by atoms with Crippen molar-refractivity contribution in [2.45, 2.75) is 20.5 Å². The van der Waals surface area contributed by atoms with Gasteiger partial charge in [-0.2, -0.15) is 0 Å². The number of aryl methyl sites for hydroxylation is 1. The minimum atomic E-state index is -0.439. The lowest BCUT2D eigenvalue weighted by Crippen LogP contribution is -2.15. The predicted molar refractivity (Wildman–Crippen MR) is 144 cm³/mol. The molecule has 0 fully saturated rings. The summed E-state index contributed by atoms with van der Waals surface area (Å²) < 4.78 is 22.2. The number of hydrogen-bond acceptors (Lipinski definition) is 9. The summed E-state index contributed by atoms with van der Waals surface area (Å²) >= 11 is 1.44. The van der Waals surface area contributed by atoms with Crippen LogP contribution in [0.15, 0.2) is 66.0 Å². The molecular weight excluding hydrogens is 508 g/mol. The third-order valence-electron chi connectivity index (χ3n) is 5.61. The second kappa shape index (κ2) is 12.2. The molecule has 4 aromatic rings. The molecule has 4 rings (SSSR count). The maximum absolute atomic E-state index is 11.8. The molecule has 196 valence electrons.